The van der Waals surface area contributed by atoms with Crippen molar-refractivity contribution in [3.63, 3.8) is 0 Å². The minimum Gasteiger partial charge on any atom is -0.357 e. The third-order valence-electron chi connectivity index (χ3n) is 5.24. The van der Waals surface area contributed by atoms with E-state index in [4.69, 9.17) is 4.99 Å². The third-order valence-corrected chi connectivity index (χ3v) is 5.24. The van der Waals surface area contributed by atoms with E-state index in [1.165, 1.54) is 11.1 Å². The number of rotatable bonds is 11. The van der Waals surface area contributed by atoms with Crippen molar-refractivity contribution < 1.29 is 0 Å². The SMILES string of the molecule is CCNC(=NCc1cccc(Cn2ccnc2C)c1)NCCCN(C(C)C)C(C)C. The fourth-order valence-electron chi connectivity index (χ4n) is 3.69. The molecule has 0 saturated heterocycles. The van der Waals surface area contributed by atoms with E-state index in [1.807, 2.05) is 19.3 Å². The van der Waals surface area contributed by atoms with Gasteiger partial charge in [0.1, 0.15) is 5.82 Å². The molecule has 0 spiro atoms. The number of nitrogens with zero attached hydrogens (tertiary/aromatic N) is 4. The largest absolute Gasteiger partial charge is 0.357 e. The molecule has 0 amide bonds. The first-order valence-corrected chi connectivity index (χ1v) is 11.2. The summed E-state index contributed by atoms with van der Waals surface area (Å²) in [6, 6.07) is 9.79. The van der Waals surface area contributed by atoms with Crippen molar-refractivity contribution in [3.8, 4) is 0 Å². The number of aryl methyl sites for hydroxylation is 1. The highest BCUT2D eigenvalue weighted by Crippen LogP contribution is 2.10. The number of benzene rings is 1. The Morgan fingerprint density at radius 3 is 2.50 bits per heavy atom. The molecule has 30 heavy (non-hydrogen) atoms. The van der Waals surface area contributed by atoms with Gasteiger partial charge < -0.3 is 15.2 Å². The molecule has 0 fully saturated rings. The zero-order valence-electron chi connectivity index (χ0n) is 19.7. The van der Waals surface area contributed by atoms with Crippen LogP contribution >= 0.6 is 0 Å². The zero-order chi connectivity index (χ0) is 21.9. The lowest BCUT2D eigenvalue weighted by Crippen LogP contribution is -2.41. The second-order valence-corrected chi connectivity index (χ2v) is 8.32. The van der Waals surface area contributed by atoms with Crippen LogP contribution in [-0.2, 0) is 13.1 Å². The number of aliphatic imine (C=N–C) groups is 1. The summed E-state index contributed by atoms with van der Waals surface area (Å²) in [5.74, 6) is 1.92. The van der Waals surface area contributed by atoms with E-state index in [9.17, 15) is 0 Å². The Balaban J connectivity index is 1.89. The molecule has 1 aromatic carbocycles. The topological polar surface area (TPSA) is 57.5 Å². The van der Waals surface area contributed by atoms with Crippen LogP contribution in [0.3, 0.4) is 0 Å². The van der Waals surface area contributed by atoms with E-state index in [2.05, 4.69) is 84.0 Å². The molecular weight excluding hydrogens is 372 g/mol. The molecule has 0 saturated carbocycles. The van der Waals surface area contributed by atoms with Crippen LogP contribution in [0.25, 0.3) is 0 Å². The summed E-state index contributed by atoms with van der Waals surface area (Å²) < 4.78 is 2.16. The molecule has 6 nitrogen and oxygen atoms in total. The fraction of sp³-hybridized carbons (Fsp3) is 0.583. The summed E-state index contributed by atoms with van der Waals surface area (Å²) in [6.07, 6.45) is 4.97. The number of hydrogen-bond acceptors (Lipinski definition) is 3. The van der Waals surface area contributed by atoms with Gasteiger partial charge in [-0.1, -0.05) is 24.3 Å². The first kappa shape index (κ1) is 23.9. The van der Waals surface area contributed by atoms with Gasteiger partial charge in [0.25, 0.3) is 0 Å². The summed E-state index contributed by atoms with van der Waals surface area (Å²) in [6.45, 7) is 17.6. The Hall–Kier alpha value is -2.34. The van der Waals surface area contributed by atoms with E-state index >= 15 is 0 Å². The molecule has 2 N–H and O–H groups in total. The van der Waals surface area contributed by atoms with E-state index in [-0.39, 0.29) is 0 Å². The van der Waals surface area contributed by atoms with E-state index in [0.29, 0.717) is 18.6 Å². The molecule has 0 bridgehead atoms. The van der Waals surface area contributed by atoms with Crippen LogP contribution in [0.15, 0.2) is 41.7 Å². The molecule has 2 aromatic rings. The normalized spacial score (nSPS) is 12.2. The van der Waals surface area contributed by atoms with Gasteiger partial charge in [0.05, 0.1) is 6.54 Å². The summed E-state index contributed by atoms with van der Waals surface area (Å²) in [7, 11) is 0. The van der Waals surface area contributed by atoms with Gasteiger partial charge in [-0.2, -0.15) is 0 Å². The Morgan fingerprint density at radius 2 is 1.87 bits per heavy atom. The van der Waals surface area contributed by atoms with Gasteiger partial charge in [0.2, 0.25) is 0 Å². The van der Waals surface area contributed by atoms with Gasteiger partial charge in [0, 0.05) is 50.7 Å². The van der Waals surface area contributed by atoms with Crippen LogP contribution in [0.1, 0.15) is 58.0 Å². The number of guanidine groups is 1. The maximum atomic E-state index is 4.79. The number of imidazole rings is 1. The van der Waals surface area contributed by atoms with Crippen LogP contribution in [0.5, 0.6) is 0 Å². The van der Waals surface area contributed by atoms with Crippen LogP contribution < -0.4 is 10.6 Å². The monoisotopic (exact) mass is 412 g/mol. The summed E-state index contributed by atoms with van der Waals surface area (Å²) in [5, 5.41) is 6.84. The van der Waals surface area contributed by atoms with Crippen molar-refractivity contribution in [3.05, 3.63) is 53.6 Å². The highest BCUT2D eigenvalue weighted by molar-refractivity contribution is 5.79. The molecule has 0 aliphatic heterocycles. The molecule has 6 heteroatoms. The van der Waals surface area contributed by atoms with Gasteiger partial charge in [-0.3, -0.25) is 4.90 Å². The summed E-state index contributed by atoms with van der Waals surface area (Å²) in [5.41, 5.74) is 2.48. The lowest BCUT2D eigenvalue weighted by molar-refractivity contribution is 0.173. The molecule has 0 aliphatic rings. The Kier molecular flexibility index (Phi) is 9.87. The Labute approximate surface area is 182 Å². The average Bonchev–Trinajstić information content (AvgIpc) is 3.10. The predicted molar refractivity (Wildman–Crippen MR) is 127 cm³/mol. The van der Waals surface area contributed by atoms with Crippen molar-refractivity contribution in [1.82, 2.24) is 25.1 Å². The summed E-state index contributed by atoms with van der Waals surface area (Å²) in [4.78, 5) is 11.6. The third kappa shape index (κ3) is 7.82. The highest BCUT2D eigenvalue weighted by atomic mass is 15.2. The minimum absolute atomic E-state index is 0.574. The quantitative estimate of drug-likeness (QED) is 0.335. The van der Waals surface area contributed by atoms with Gasteiger partial charge in [-0.05, 0) is 59.1 Å². The minimum atomic E-state index is 0.574. The van der Waals surface area contributed by atoms with Crippen molar-refractivity contribution in [1.29, 1.82) is 0 Å². The molecule has 1 heterocycles. The maximum absolute atomic E-state index is 4.79. The second kappa shape index (κ2) is 12.4. The Bertz CT molecular complexity index is 770. The molecule has 0 aliphatic carbocycles. The summed E-state index contributed by atoms with van der Waals surface area (Å²) >= 11 is 0. The highest BCUT2D eigenvalue weighted by Gasteiger charge is 2.12. The second-order valence-electron chi connectivity index (χ2n) is 8.32. The van der Waals surface area contributed by atoms with Crippen molar-refractivity contribution in [2.75, 3.05) is 19.6 Å². The molecule has 1 aromatic heterocycles. The van der Waals surface area contributed by atoms with E-state index in [0.717, 1.165) is 44.4 Å². The average molecular weight is 413 g/mol. The Morgan fingerprint density at radius 1 is 1.13 bits per heavy atom. The molecule has 166 valence electrons. The zero-order valence-corrected chi connectivity index (χ0v) is 19.7. The first-order chi connectivity index (χ1) is 14.4. The molecule has 0 atom stereocenters. The van der Waals surface area contributed by atoms with Crippen molar-refractivity contribution >= 4 is 5.96 Å². The van der Waals surface area contributed by atoms with Gasteiger partial charge in [-0.25, -0.2) is 9.98 Å². The molecule has 0 radical (unpaired) electrons. The van der Waals surface area contributed by atoms with Gasteiger partial charge in [0.15, 0.2) is 5.96 Å². The van der Waals surface area contributed by atoms with Gasteiger partial charge >= 0.3 is 0 Å². The molecular formula is C24H40N6. The molecule has 2 rings (SSSR count). The fourth-order valence-corrected chi connectivity index (χ4v) is 3.69. The lowest BCUT2D eigenvalue weighted by atomic mass is 10.1. The van der Waals surface area contributed by atoms with Crippen LogP contribution in [-0.4, -0.2) is 52.1 Å². The van der Waals surface area contributed by atoms with E-state index in [1.54, 1.807) is 0 Å². The number of nitrogens with one attached hydrogen (secondary N) is 2. The van der Waals surface area contributed by atoms with Crippen molar-refractivity contribution in [2.24, 2.45) is 4.99 Å². The standard InChI is InChI=1S/C24H40N6/c1-7-25-24(27-12-9-14-30(19(2)3)20(4)5)28-17-22-10-8-11-23(16-22)18-29-15-13-26-21(29)6/h8,10-11,13,15-16,19-20H,7,9,12,14,17-18H2,1-6H3,(H2,25,27,28). The first-order valence-electron chi connectivity index (χ1n) is 11.2. The van der Waals surface area contributed by atoms with Gasteiger partial charge in [-0.15, -0.1) is 0 Å². The van der Waals surface area contributed by atoms with Crippen LogP contribution in [0.2, 0.25) is 0 Å². The van der Waals surface area contributed by atoms with E-state index < -0.39 is 0 Å². The van der Waals surface area contributed by atoms with Crippen LogP contribution in [0.4, 0.5) is 0 Å². The lowest BCUT2D eigenvalue weighted by Gasteiger charge is -2.30. The van der Waals surface area contributed by atoms with Crippen molar-refractivity contribution in [2.45, 2.75) is 73.1 Å². The number of hydrogen-bond donors (Lipinski definition) is 2. The number of aromatic nitrogens is 2. The maximum Gasteiger partial charge on any atom is 0.191 e. The molecule has 0 unspecified atom stereocenters. The van der Waals surface area contributed by atoms with Crippen LogP contribution in [0, 0.1) is 6.92 Å². The predicted octanol–water partition coefficient (Wildman–Crippen LogP) is 3.80. The smallest absolute Gasteiger partial charge is 0.191 e.